The topological polar surface area (TPSA) is 17.3 Å². The van der Waals surface area contributed by atoms with Crippen molar-refractivity contribution in [2.45, 2.75) is 20.8 Å². The van der Waals surface area contributed by atoms with Gasteiger partial charge in [-0.3, -0.25) is 4.99 Å². The van der Waals surface area contributed by atoms with Crippen LogP contribution in [0, 0.1) is 30.2 Å². The second kappa shape index (κ2) is 6.89. The highest BCUT2D eigenvalue weighted by molar-refractivity contribution is 14.1. The predicted octanol–water partition coefficient (Wildman–Crippen LogP) is 5.90. The fraction of sp³-hybridized carbons (Fsp3) is 0.150. The first kappa shape index (κ1) is 16.9. The van der Waals surface area contributed by atoms with E-state index in [4.69, 9.17) is 0 Å². The Bertz CT molecular complexity index is 908. The summed E-state index contributed by atoms with van der Waals surface area (Å²) in [5, 5.41) is 0. The van der Waals surface area contributed by atoms with E-state index in [-0.39, 0.29) is 5.82 Å². The number of rotatable bonds is 3. The summed E-state index contributed by atoms with van der Waals surface area (Å²) in [4.78, 5) is 4.64. The van der Waals surface area contributed by atoms with Crippen LogP contribution in [0.4, 0.5) is 10.1 Å². The fourth-order valence-corrected chi connectivity index (χ4v) is 3.46. The minimum atomic E-state index is -0.225. The summed E-state index contributed by atoms with van der Waals surface area (Å²) in [5.74, 6) is -0.225. The Morgan fingerprint density at radius 1 is 1.00 bits per heavy atom. The minimum absolute atomic E-state index is 0.225. The first-order chi connectivity index (χ1) is 11.5. The third-order valence-electron chi connectivity index (χ3n) is 4.06. The van der Waals surface area contributed by atoms with Gasteiger partial charge in [0.15, 0.2) is 0 Å². The van der Waals surface area contributed by atoms with Gasteiger partial charge < -0.3 is 4.57 Å². The molecule has 0 fully saturated rings. The van der Waals surface area contributed by atoms with E-state index < -0.39 is 0 Å². The summed E-state index contributed by atoms with van der Waals surface area (Å²) in [5.41, 5.74) is 6.34. The summed E-state index contributed by atoms with van der Waals surface area (Å²) in [6, 6.07) is 14.9. The van der Waals surface area contributed by atoms with E-state index >= 15 is 0 Å². The van der Waals surface area contributed by atoms with Crippen LogP contribution in [-0.2, 0) is 0 Å². The number of benzene rings is 2. The van der Waals surface area contributed by atoms with Gasteiger partial charge in [-0.05, 0) is 97.5 Å². The fourth-order valence-electron chi connectivity index (χ4n) is 2.81. The molecule has 0 spiro atoms. The summed E-state index contributed by atoms with van der Waals surface area (Å²) < 4.78 is 16.5. The molecule has 0 saturated carbocycles. The molecule has 0 N–H and O–H groups in total. The number of halogens is 2. The van der Waals surface area contributed by atoms with Crippen molar-refractivity contribution in [3.05, 3.63) is 80.4 Å². The monoisotopic (exact) mass is 432 g/mol. The van der Waals surface area contributed by atoms with Crippen molar-refractivity contribution in [2.24, 2.45) is 4.99 Å². The van der Waals surface area contributed by atoms with Crippen molar-refractivity contribution in [3.8, 4) is 5.69 Å². The van der Waals surface area contributed by atoms with Crippen molar-refractivity contribution in [3.63, 3.8) is 0 Å². The van der Waals surface area contributed by atoms with Gasteiger partial charge in [0.2, 0.25) is 0 Å². The van der Waals surface area contributed by atoms with Crippen LogP contribution in [0.15, 0.2) is 53.5 Å². The Labute approximate surface area is 155 Å². The third kappa shape index (κ3) is 3.43. The number of hydrogen-bond donors (Lipinski definition) is 0. The molecule has 2 aromatic carbocycles. The maximum atomic E-state index is 13.2. The van der Waals surface area contributed by atoms with Crippen LogP contribution in [0.5, 0.6) is 0 Å². The molecule has 1 aromatic heterocycles. The quantitative estimate of drug-likeness (QED) is 0.363. The molecule has 0 atom stereocenters. The average molecular weight is 432 g/mol. The first-order valence-electron chi connectivity index (χ1n) is 7.71. The molecule has 0 unspecified atom stereocenters. The molecule has 3 aromatic rings. The molecule has 4 heteroatoms. The molecular weight excluding hydrogens is 414 g/mol. The Kier molecular flexibility index (Phi) is 4.85. The summed E-state index contributed by atoms with van der Waals surface area (Å²) in [6.07, 6.45) is 1.90. The molecule has 24 heavy (non-hydrogen) atoms. The first-order valence-corrected chi connectivity index (χ1v) is 8.78. The summed E-state index contributed by atoms with van der Waals surface area (Å²) in [6.45, 7) is 6.17. The molecule has 2 nitrogen and oxygen atoms in total. The van der Waals surface area contributed by atoms with Gasteiger partial charge in [-0.15, -0.1) is 0 Å². The molecule has 0 bridgehead atoms. The van der Waals surface area contributed by atoms with Crippen molar-refractivity contribution in [1.82, 2.24) is 4.57 Å². The molecule has 0 aliphatic heterocycles. The van der Waals surface area contributed by atoms with Crippen molar-refractivity contribution >= 4 is 34.5 Å². The third-order valence-corrected chi connectivity index (χ3v) is 4.73. The molecule has 0 amide bonds. The largest absolute Gasteiger partial charge is 0.318 e. The van der Waals surface area contributed by atoms with Crippen LogP contribution >= 0.6 is 22.6 Å². The van der Waals surface area contributed by atoms with E-state index in [9.17, 15) is 4.39 Å². The Morgan fingerprint density at radius 3 is 2.38 bits per heavy atom. The lowest BCUT2D eigenvalue weighted by Gasteiger charge is -2.09. The summed E-state index contributed by atoms with van der Waals surface area (Å²) >= 11 is 2.30. The zero-order valence-electron chi connectivity index (χ0n) is 13.8. The molecule has 0 radical (unpaired) electrons. The number of nitrogens with zero attached hydrogens (tertiary/aromatic N) is 2. The highest BCUT2D eigenvalue weighted by atomic mass is 127. The maximum Gasteiger partial charge on any atom is 0.123 e. The van der Waals surface area contributed by atoms with Gasteiger partial charge >= 0.3 is 0 Å². The highest BCUT2D eigenvalue weighted by Crippen LogP contribution is 2.23. The second-order valence-corrected chi connectivity index (χ2v) is 7.07. The standard InChI is InChI=1S/C20H18FIN2/c1-13-10-18(22)6-9-20(13)23-12-16-11-14(2)24(15(16)3)19-7-4-17(21)5-8-19/h4-12H,1-3H3. The number of aryl methyl sites for hydroxylation is 2. The molecule has 3 rings (SSSR count). The van der Waals surface area contributed by atoms with Gasteiger partial charge in [-0.2, -0.15) is 0 Å². The summed E-state index contributed by atoms with van der Waals surface area (Å²) in [7, 11) is 0. The average Bonchev–Trinajstić information content (AvgIpc) is 2.82. The van der Waals surface area contributed by atoms with Gasteiger partial charge in [0.25, 0.3) is 0 Å². The number of hydrogen-bond acceptors (Lipinski definition) is 1. The lowest BCUT2D eigenvalue weighted by molar-refractivity contribution is 0.627. The van der Waals surface area contributed by atoms with E-state index in [1.165, 1.54) is 15.7 Å². The molecule has 0 aliphatic rings. The minimum Gasteiger partial charge on any atom is -0.318 e. The predicted molar refractivity (Wildman–Crippen MR) is 106 cm³/mol. The van der Waals surface area contributed by atoms with E-state index in [0.29, 0.717) is 0 Å². The number of aliphatic imine (C=N–C) groups is 1. The lowest BCUT2D eigenvalue weighted by atomic mass is 10.2. The van der Waals surface area contributed by atoms with Crippen molar-refractivity contribution in [1.29, 1.82) is 0 Å². The van der Waals surface area contributed by atoms with Crippen LogP contribution in [-0.4, -0.2) is 10.8 Å². The van der Waals surface area contributed by atoms with Gasteiger partial charge in [0.05, 0.1) is 5.69 Å². The normalized spacial score (nSPS) is 11.4. The van der Waals surface area contributed by atoms with E-state index in [1.54, 1.807) is 12.1 Å². The van der Waals surface area contributed by atoms with Crippen LogP contribution in [0.25, 0.3) is 5.69 Å². The van der Waals surface area contributed by atoms with Gasteiger partial charge in [0.1, 0.15) is 5.82 Å². The Morgan fingerprint density at radius 2 is 1.71 bits per heavy atom. The van der Waals surface area contributed by atoms with Gasteiger partial charge in [-0.25, -0.2) is 4.39 Å². The molecule has 122 valence electrons. The highest BCUT2D eigenvalue weighted by Gasteiger charge is 2.09. The smallest absolute Gasteiger partial charge is 0.123 e. The molecular formula is C20H18FIN2. The Balaban J connectivity index is 1.97. The van der Waals surface area contributed by atoms with Crippen molar-refractivity contribution < 1.29 is 4.39 Å². The van der Waals surface area contributed by atoms with E-state index in [1.807, 2.05) is 19.2 Å². The molecule has 0 saturated heterocycles. The SMILES string of the molecule is Cc1cc(I)ccc1N=Cc1cc(C)n(-c2ccc(F)cc2)c1C. The second-order valence-electron chi connectivity index (χ2n) is 5.83. The lowest BCUT2D eigenvalue weighted by Crippen LogP contribution is -1.99. The molecule has 1 heterocycles. The van der Waals surface area contributed by atoms with Crippen LogP contribution in [0.1, 0.15) is 22.5 Å². The maximum absolute atomic E-state index is 13.2. The van der Waals surface area contributed by atoms with Crippen LogP contribution in [0.2, 0.25) is 0 Å². The van der Waals surface area contributed by atoms with Crippen LogP contribution in [0.3, 0.4) is 0 Å². The van der Waals surface area contributed by atoms with Crippen LogP contribution < -0.4 is 0 Å². The van der Waals surface area contributed by atoms with E-state index in [2.05, 4.69) is 64.2 Å². The molecule has 0 aliphatic carbocycles. The van der Waals surface area contributed by atoms with E-state index in [0.717, 1.165) is 33.9 Å². The van der Waals surface area contributed by atoms with Gasteiger partial charge in [0, 0.05) is 32.4 Å². The van der Waals surface area contributed by atoms with Gasteiger partial charge in [-0.1, -0.05) is 0 Å². The zero-order chi connectivity index (χ0) is 17.3. The Hall–Kier alpha value is -1.95. The van der Waals surface area contributed by atoms with Crippen molar-refractivity contribution in [2.75, 3.05) is 0 Å². The number of aromatic nitrogens is 1. The zero-order valence-corrected chi connectivity index (χ0v) is 16.0.